The molecule has 0 aromatic carbocycles. The Balaban J connectivity index is 1.79. The second-order valence-electron chi connectivity index (χ2n) is 5.39. The number of nitrogens with zero attached hydrogens (tertiary/aromatic N) is 3. The van der Waals surface area contributed by atoms with Gasteiger partial charge in [0.15, 0.2) is 0 Å². The average Bonchev–Trinajstić information content (AvgIpc) is 2.89. The molecule has 1 aromatic heterocycles. The van der Waals surface area contributed by atoms with Crippen molar-refractivity contribution in [3.8, 4) is 0 Å². The molecule has 4 heteroatoms. The lowest BCUT2D eigenvalue weighted by Crippen LogP contribution is -2.28. The van der Waals surface area contributed by atoms with Crippen LogP contribution in [0.1, 0.15) is 43.3 Å². The lowest BCUT2D eigenvalue weighted by atomic mass is 10.1. The van der Waals surface area contributed by atoms with Gasteiger partial charge in [-0.3, -0.25) is 0 Å². The van der Waals surface area contributed by atoms with Gasteiger partial charge in [-0.15, -0.1) is 0 Å². The van der Waals surface area contributed by atoms with E-state index in [4.69, 9.17) is 0 Å². The van der Waals surface area contributed by atoms with Crippen molar-refractivity contribution in [1.82, 2.24) is 14.5 Å². The molecule has 3 heterocycles. The normalized spacial score (nSPS) is 29.5. The van der Waals surface area contributed by atoms with Crippen LogP contribution < -0.4 is 0 Å². The SMILES string of the molecule is CN1CCCC1Cc1ncc2n1CCCC2O. The number of fused-ring (bicyclic) bond motifs is 1. The first kappa shape index (κ1) is 11.2. The van der Waals surface area contributed by atoms with E-state index in [1.165, 1.54) is 19.4 Å². The van der Waals surface area contributed by atoms with Gasteiger partial charge in [0, 0.05) is 19.0 Å². The molecule has 1 N–H and O–H groups in total. The maximum absolute atomic E-state index is 9.92. The van der Waals surface area contributed by atoms with E-state index >= 15 is 0 Å². The molecule has 94 valence electrons. The zero-order chi connectivity index (χ0) is 11.8. The third-order valence-corrected chi connectivity index (χ3v) is 4.26. The van der Waals surface area contributed by atoms with E-state index in [2.05, 4.69) is 21.5 Å². The van der Waals surface area contributed by atoms with Gasteiger partial charge in [-0.25, -0.2) is 4.98 Å². The fourth-order valence-electron chi connectivity index (χ4n) is 3.15. The summed E-state index contributed by atoms with van der Waals surface area (Å²) in [7, 11) is 2.20. The van der Waals surface area contributed by atoms with E-state index in [0.29, 0.717) is 6.04 Å². The summed E-state index contributed by atoms with van der Waals surface area (Å²) in [6, 6.07) is 0.639. The Morgan fingerprint density at radius 2 is 2.18 bits per heavy atom. The van der Waals surface area contributed by atoms with Crippen LogP contribution in [0.3, 0.4) is 0 Å². The van der Waals surface area contributed by atoms with Crippen LogP contribution >= 0.6 is 0 Å². The average molecular weight is 235 g/mol. The van der Waals surface area contributed by atoms with E-state index in [9.17, 15) is 5.11 Å². The number of hydrogen-bond donors (Lipinski definition) is 1. The van der Waals surface area contributed by atoms with Gasteiger partial charge in [0.25, 0.3) is 0 Å². The van der Waals surface area contributed by atoms with Crippen molar-refractivity contribution in [2.75, 3.05) is 13.6 Å². The van der Waals surface area contributed by atoms with Gasteiger partial charge >= 0.3 is 0 Å². The Hall–Kier alpha value is -0.870. The second-order valence-corrected chi connectivity index (χ2v) is 5.39. The number of imidazole rings is 1. The number of aliphatic hydroxyl groups excluding tert-OH is 1. The number of likely N-dealkylation sites (N-methyl/N-ethyl adjacent to an activating group) is 1. The molecule has 1 saturated heterocycles. The van der Waals surface area contributed by atoms with Crippen molar-refractivity contribution in [3.63, 3.8) is 0 Å². The first-order valence-corrected chi connectivity index (χ1v) is 6.68. The number of aromatic nitrogens is 2. The standard InChI is InChI=1S/C13H21N3O/c1-15-6-2-4-10(15)8-13-14-9-11-12(17)5-3-7-16(11)13/h9-10,12,17H,2-8H2,1H3. The van der Waals surface area contributed by atoms with Crippen LogP contribution in [0.5, 0.6) is 0 Å². The molecule has 0 aliphatic carbocycles. The minimum atomic E-state index is -0.300. The summed E-state index contributed by atoms with van der Waals surface area (Å²) in [5.41, 5.74) is 1.02. The molecule has 4 nitrogen and oxygen atoms in total. The summed E-state index contributed by atoms with van der Waals surface area (Å²) in [6.07, 6.45) is 7.13. The van der Waals surface area contributed by atoms with Crippen LogP contribution in [0.4, 0.5) is 0 Å². The highest BCUT2D eigenvalue weighted by molar-refractivity contribution is 5.12. The van der Waals surface area contributed by atoms with Gasteiger partial charge in [0.05, 0.1) is 18.0 Å². The van der Waals surface area contributed by atoms with Gasteiger partial charge < -0.3 is 14.6 Å². The molecule has 0 radical (unpaired) electrons. The van der Waals surface area contributed by atoms with E-state index in [0.717, 1.165) is 37.3 Å². The van der Waals surface area contributed by atoms with E-state index in [1.807, 2.05) is 6.20 Å². The number of aliphatic hydroxyl groups is 1. The molecule has 1 fully saturated rings. The minimum absolute atomic E-state index is 0.300. The Kier molecular flexibility index (Phi) is 2.92. The van der Waals surface area contributed by atoms with Crippen LogP contribution in [0.2, 0.25) is 0 Å². The van der Waals surface area contributed by atoms with Gasteiger partial charge in [-0.2, -0.15) is 0 Å². The maximum Gasteiger partial charge on any atom is 0.110 e. The monoisotopic (exact) mass is 235 g/mol. The van der Waals surface area contributed by atoms with Crippen molar-refractivity contribution in [1.29, 1.82) is 0 Å². The van der Waals surface area contributed by atoms with Crippen LogP contribution in [0.25, 0.3) is 0 Å². The first-order valence-electron chi connectivity index (χ1n) is 6.68. The van der Waals surface area contributed by atoms with Crippen LogP contribution in [-0.4, -0.2) is 39.2 Å². The van der Waals surface area contributed by atoms with Crippen molar-refractivity contribution in [2.24, 2.45) is 0 Å². The van der Waals surface area contributed by atoms with Gasteiger partial charge in [0.2, 0.25) is 0 Å². The smallest absolute Gasteiger partial charge is 0.110 e. The molecule has 2 aliphatic heterocycles. The maximum atomic E-state index is 9.92. The second kappa shape index (κ2) is 4.42. The van der Waals surface area contributed by atoms with Gasteiger partial charge in [-0.05, 0) is 39.3 Å². The molecule has 17 heavy (non-hydrogen) atoms. The summed E-state index contributed by atoms with van der Waals surface area (Å²) in [5.74, 6) is 1.16. The Morgan fingerprint density at radius 3 is 2.94 bits per heavy atom. The van der Waals surface area contributed by atoms with Crippen molar-refractivity contribution < 1.29 is 5.11 Å². The Labute approximate surface area is 102 Å². The highest BCUT2D eigenvalue weighted by atomic mass is 16.3. The fraction of sp³-hybridized carbons (Fsp3) is 0.769. The first-order chi connectivity index (χ1) is 8.25. The van der Waals surface area contributed by atoms with Gasteiger partial charge in [0.1, 0.15) is 5.82 Å². The zero-order valence-electron chi connectivity index (χ0n) is 10.5. The summed E-state index contributed by atoms with van der Waals surface area (Å²) < 4.78 is 2.24. The minimum Gasteiger partial charge on any atom is -0.387 e. The van der Waals surface area contributed by atoms with E-state index in [-0.39, 0.29) is 6.10 Å². The van der Waals surface area contributed by atoms with Crippen molar-refractivity contribution in [3.05, 3.63) is 17.7 Å². The molecule has 2 atom stereocenters. The molecule has 0 saturated carbocycles. The highest BCUT2D eigenvalue weighted by Crippen LogP contribution is 2.27. The largest absolute Gasteiger partial charge is 0.387 e. The lowest BCUT2D eigenvalue weighted by molar-refractivity contribution is 0.138. The third kappa shape index (κ3) is 2.00. The third-order valence-electron chi connectivity index (χ3n) is 4.26. The van der Waals surface area contributed by atoms with E-state index < -0.39 is 0 Å². The van der Waals surface area contributed by atoms with E-state index in [1.54, 1.807) is 0 Å². The topological polar surface area (TPSA) is 41.3 Å². The quantitative estimate of drug-likeness (QED) is 0.841. The Morgan fingerprint density at radius 1 is 1.35 bits per heavy atom. The van der Waals surface area contributed by atoms with Gasteiger partial charge in [-0.1, -0.05) is 0 Å². The zero-order valence-corrected chi connectivity index (χ0v) is 10.5. The summed E-state index contributed by atoms with van der Waals surface area (Å²) >= 11 is 0. The molecule has 0 amide bonds. The number of rotatable bonds is 2. The molecule has 3 rings (SSSR count). The highest BCUT2D eigenvalue weighted by Gasteiger charge is 2.26. The molecular formula is C13H21N3O. The molecule has 0 bridgehead atoms. The molecule has 2 aliphatic rings. The predicted octanol–water partition coefficient (Wildman–Crippen LogP) is 1.35. The molecule has 1 aromatic rings. The number of hydrogen-bond acceptors (Lipinski definition) is 3. The summed E-state index contributed by atoms with van der Waals surface area (Å²) in [5, 5.41) is 9.92. The molecular weight excluding hydrogens is 214 g/mol. The lowest BCUT2D eigenvalue weighted by Gasteiger charge is -2.23. The van der Waals surface area contributed by atoms with Crippen molar-refractivity contribution in [2.45, 2.75) is 50.8 Å². The van der Waals surface area contributed by atoms with Crippen LogP contribution in [-0.2, 0) is 13.0 Å². The van der Waals surface area contributed by atoms with Crippen molar-refractivity contribution >= 4 is 0 Å². The fourth-order valence-corrected chi connectivity index (χ4v) is 3.15. The summed E-state index contributed by atoms with van der Waals surface area (Å²) in [4.78, 5) is 6.95. The molecule has 2 unspecified atom stereocenters. The predicted molar refractivity (Wildman–Crippen MR) is 65.8 cm³/mol. The van der Waals surface area contributed by atoms with Crippen LogP contribution in [0.15, 0.2) is 6.20 Å². The summed E-state index contributed by atoms with van der Waals surface area (Å²) in [6.45, 7) is 2.24. The Bertz CT molecular complexity index is 401. The number of likely N-dealkylation sites (tertiary alicyclic amines) is 1. The van der Waals surface area contributed by atoms with Crippen LogP contribution in [0, 0.1) is 0 Å². The molecule has 0 spiro atoms.